The monoisotopic (exact) mass is 291 g/mol. The molecule has 0 spiro atoms. The minimum absolute atomic E-state index is 0.154. The van der Waals surface area contributed by atoms with Gasteiger partial charge in [-0.15, -0.1) is 0 Å². The Morgan fingerprint density at radius 1 is 1.30 bits per heavy atom. The Hall–Kier alpha value is -1.76. The molecule has 1 aromatic carbocycles. The fourth-order valence-corrected chi connectivity index (χ4v) is 1.57. The van der Waals surface area contributed by atoms with Gasteiger partial charge < -0.3 is 15.6 Å². The van der Waals surface area contributed by atoms with E-state index >= 15 is 0 Å². The number of benzene rings is 1. The van der Waals surface area contributed by atoms with Gasteiger partial charge in [-0.05, 0) is 37.0 Å². The summed E-state index contributed by atoms with van der Waals surface area (Å²) >= 11 is 0. The number of phenols is 1. The molecule has 0 aliphatic rings. The predicted octanol–water partition coefficient (Wildman–Crippen LogP) is 2.15. The molecule has 0 unspecified atom stereocenters. The van der Waals surface area contributed by atoms with E-state index in [4.69, 9.17) is 10.8 Å². The van der Waals surface area contributed by atoms with Crippen molar-refractivity contribution in [3.05, 3.63) is 29.8 Å². The number of phenolic OH excluding ortho intramolecular Hbond substituents is 1. The number of carbonyl (C=O) groups is 1. The number of alkyl halides is 3. The number of aryl methyl sites for hydroxylation is 1. The number of ether oxygens (including phenoxy) is 1. The first-order valence-electron chi connectivity index (χ1n) is 6.05. The predicted molar refractivity (Wildman–Crippen MR) is 66.0 cm³/mol. The van der Waals surface area contributed by atoms with Crippen LogP contribution in [0.4, 0.5) is 13.2 Å². The molecule has 0 aliphatic heterocycles. The van der Waals surface area contributed by atoms with E-state index in [2.05, 4.69) is 4.74 Å². The number of aromatic hydroxyl groups is 1. The van der Waals surface area contributed by atoms with Gasteiger partial charge in [0.15, 0.2) is 6.61 Å². The van der Waals surface area contributed by atoms with Crippen LogP contribution in [0.2, 0.25) is 0 Å². The van der Waals surface area contributed by atoms with Gasteiger partial charge in [0.05, 0.1) is 0 Å². The first-order valence-corrected chi connectivity index (χ1v) is 6.05. The van der Waals surface area contributed by atoms with Gasteiger partial charge in [-0.1, -0.05) is 12.1 Å². The van der Waals surface area contributed by atoms with Crippen molar-refractivity contribution in [1.82, 2.24) is 0 Å². The molecular formula is C13H16F3NO3. The van der Waals surface area contributed by atoms with Crippen LogP contribution in [-0.4, -0.2) is 29.9 Å². The van der Waals surface area contributed by atoms with E-state index in [1.807, 2.05) is 0 Å². The van der Waals surface area contributed by atoms with Gasteiger partial charge in [-0.3, -0.25) is 4.79 Å². The highest BCUT2D eigenvalue weighted by molar-refractivity contribution is 5.75. The van der Waals surface area contributed by atoms with Crippen LogP contribution in [0.1, 0.15) is 18.4 Å². The molecule has 1 aromatic rings. The summed E-state index contributed by atoms with van der Waals surface area (Å²) in [6, 6.07) is 5.46. The molecule has 7 heteroatoms. The van der Waals surface area contributed by atoms with Crippen molar-refractivity contribution in [1.29, 1.82) is 0 Å². The largest absolute Gasteiger partial charge is 0.508 e. The van der Waals surface area contributed by atoms with Crippen LogP contribution < -0.4 is 5.73 Å². The minimum Gasteiger partial charge on any atom is -0.508 e. The maximum Gasteiger partial charge on any atom is 0.422 e. The molecule has 0 saturated heterocycles. The van der Waals surface area contributed by atoms with E-state index in [1.54, 1.807) is 12.1 Å². The summed E-state index contributed by atoms with van der Waals surface area (Å²) in [5.41, 5.74) is 6.40. The smallest absolute Gasteiger partial charge is 0.422 e. The van der Waals surface area contributed by atoms with E-state index in [-0.39, 0.29) is 12.2 Å². The quantitative estimate of drug-likeness (QED) is 0.788. The second-order valence-electron chi connectivity index (χ2n) is 4.39. The molecule has 1 atom stereocenters. The number of hydrogen-bond donors (Lipinski definition) is 2. The van der Waals surface area contributed by atoms with Crippen LogP contribution in [0.3, 0.4) is 0 Å². The summed E-state index contributed by atoms with van der Waals surface area (Å²) < 4.78 is 39.6. The molecule has 1 rings (SSSR count). The Labute approximate surface area is 114 Å². The molecule has 0 amide bonds. The SMILES string of the molecule is N[C@@H](CCCc1ccc(O)cc1)C(=O)OCC(F)(F)F. The van der Waals surface area contributed by atoms with Crippen molar-refractivity contribution >= 4 is 5.97 Å². The number of nitrogens with two attached hydrogens (primary N) is 1. The van der Waals surface area contributed by atoms with Crippen LogP contribution in [-0.2, 0) is 16.0 Å². The van der Waals surface area contributed by atoms with Crippen LogP contribution in [0.25, 0.3) is 0 Å². The van der Waals surface area contributed by atoms with Gasteiger partial charge in [0.2, 0.25) is 0 Å². The van der Waals surface area contributed by atoms with Gasteiger partial charge in [-0.25, -0.2) is 0 Å². The fraction of sp³-hybridized carbons (Fsp3) is 0.462. The topological polar surface area (TPSA) is 72.5 Å². The molecule has 0 radical (unpaired) electrons. The van der Waals surface area contributed by atoms with Gasteiger partial charge in [0.1, 0.15) is 11.8 Å². The van der Waals surface area contributed by atoms with Crippen molar-refractivity contribution in [3.63, 3.8) is 0 Å². The molecule has 3 N–H and O–H groups in total. The first kappa shape index (κ1) is 16.3. The lowest BCUT2D eigenvalue weighted by molar-refractivity contribution is -0.187. The summed E-state index contributed by atoms with van der Waals surface area (Å²) in [7, 11) is 0. The van der Waals surface area contributed by atoms with Crippen molar-refractivity contribution in [3.8, 4) is 5.75 Å². The van der Waals surface area contributed by atoms with Gasteiger partial charge in [0, 0.05) is 0 Å². The first-order chi connectivity index (χ1) is 9.28. The Bertz CT molecular complexity index is 431. The Morgan fingerprint density at radius 2 is 1.90 bits per heavy atom. The molecule has 20 heavy (non-hydrogen) atoms. The van der Waals surface area contributed by atoms with Crippen LogP contribution in [0.5, 0.6) is 5.75 Å². The van der Waals surface area contributed by atoms with E-state index in [0.717, 1.165) is 5.56 Å². The number of hydrogen-bond acceptors (Lipinski definition) is 4. The van der Waals surface area contributed by atoms with E-state index in [9.17, 15) is 18.0 Å². The van der Waals surface area contributed by atoms with Crippen LogP contribution in [0.15, 0.2) is 24.3 Å². The second-order valence-corrected chi connectivity index (χ2v) is 4.39. The van der Waals surface area contributed by atoms with E-state index < -0.39 is 24.8 Å². The lowest BCUT2D eigenvalue weighted by atomic mass is 10.1. The highest BCUT2D eigenvalue weighted by Crippen LogP contribution is 2.15. The summed E-state index contributed by atoms with van der Waals surface area (Å²) in [5, 5.41) is 9.09. The number of rotatable bonds is 6. The molecule has 4 nitrogen and oxygen atoms in total. The number of esters is 1. The highest BCUT2D eigenvalue weighted by atomic mass is 19.4. The number of carbonyl (C=O) groups excluding carboxylic acids is 1. The zero-order valence-corrected chi connectivity index (χ0v) is 10.7. The van der Waals surface area contributed by atoms with Crippen LogP contribution in [0, 0.1) is 0 Å². The van der Waals surface area contributed by atoms with Crippen molar-refractivity contribution in [2.45, 2.75) is 31.5 Å². The Kier molecular flexibility index (Phi) is 5.82. The molecule has 0 saturated carbocycles. The average molecular weight is 291 g/mol. The Balaban J connectivity index is 2.27. The minimum atomic E-state index is -4.54. The second kappa shape index (κ2) is 7.14. The third-order valence-electron chi connectivity index (χ3n) is 2.60. The van der Waals surface area contributed by atoms with Crippen LogP contribution >= 0.6 is 0 Å². The molecular weight excluding hydrogens is 275 g/mol. The zero-order valence-electron chi connectivity index (χ0n) is 10.7. The zero-order chi connectivity index (χ0) is 15.2. The standard InChI is InChI=1S/C13H16F3NO3/c14-13(15,16)8-20-12(19)11(17)3-1-2-9-4-6-10(18)7-5-9/h4-7,11,18H,1-3,8,17H2/t11-/m0/s1. The maximum atomic E-state index is 11.8. The summed E-state index contributed by atoms with van der Waals surface area (Å²) in [6.45, 7) is -1.61. The van der Waals surface area contributed by atoms with Gasteiger partial charge in [0.25, 0.3) is 0 Å². The normalized spacial score (nSPS) is 13.0. The van der Waals surface area contributed by atoms with Crippen molar-refractivity contribution in [2.24, 2.45) is 5.73 Å². The van der Waals surface area contributed by atoms with E-state index in [1.165, 1.54) is 12.1 Å². The van der Waals surface area contributed by atoms with Gasteiger partial charge in [-0.2, -0.15) is 13.2 Å². The summed E-state index contributed by atoms with van der Waals surface area (Å²) in [6.07, 6.45) is -3.16. The summed E-state index contributed by atoms with van der Waals surface area (Å²) in [4.78, 5) is 11.2. The highest BCUT2D eigenvalue weighted by Gasteiger charge is 2.30. The van der Waals surface area contributed by atoms with Crippen molar-refractivity contribution in [2.75, 3.05) is 6.61 Å². The molecule has 0 heterocycles. The third kappa shape index (κ3) is 6.42. The molecule has 0 aromatic heterocycles. The van der Waals surface area contributed by atoms with Gasteiger partial charge >= 0.3 is 12.1 Å². The molecule has 0 aliphatic carbocycles. The fourth-order valence-electron chi connectivity index (χ4n) is 1.57. The molecule has 112 valence electrons. The average Bonchev–Trinajstić information content (AvgIpc) is 2.37. The molecule has 0 bridgehead atoms. The number of halogens is 3. The lowest BCUT2D eigenvalue weighted by Gasteiger charge is -2.12. The maximum absolute atomic E-state index is 11.8. The van der Waals surface area contributed by atoms with Crippen molar-refractivity contribution < 1.29 is 27.8 Å². The van der Waals surface area contributed by atoms with E-state index in [0.29, 0.717) is 12.8 Å². The Morgan fingerprint density at radius 3 is 2.45 bits per heavy atom. The molecule has 0 fully saturated rings. The lowest BCUT2D eigenvalue weighted by Crippen LogP contribution is -2.34. The third-order valence-corrected chi connectivity index (χ3v) is 2.60. The summed E-state index contributed by atoms with van der Waals surface area (Å²) in [5.74, 6) is -0.894.